The Kier molecular flexibility index (Phi) is 4.47. The highest BCUT2D eigenvalue weighted by atomic mass is 32.1. The molecule has 0 unspecified atom stereocenters. The number of thiophene rings is 1. The molecule has 1 aromatic carbocycles. The van der Waals surface area contributed by atoms with Crippen LogP contribution in [0.25, 0.3) is 0 Å². The minimum absolute atomic E-state index is 0.123. The Labute approximate surface area is 121 Å². The fourth-order valence-corrected chi connectivity index (χ4v) is 2.44. The predicted molar refractivity (Wildman–Crippen MR) is 80.6 cm³/mol. The second-order valence-corrected chi connectivity index (χ2v) is 4.93. The molecule has 106 valence electrons. The molecule has 6 heteroatoms. The molecule has 20 heavy (non-hydrogen) atoms. The minimum atomic E-state index is -0.123. The molecule has 2 aromatic rings. The topological polar surface area (TPSA) is 73.6 Å². The summed E-state index contributed by atoms with van der Waals surface area (Å²) in [5.41, 5.74) is 7.82. The van der Waals surface area contributed by atoms with Crippen molar-refractivity contribution < 1.29 is 14.3 Å². The molecule has 0 aliphatic carbocycles. The van der Waals surface area contributed by atoms with E-state index in [1.54, 1.807) is 23.5 Å². The molecule has 5 nitrogen and oxygen atoms in total. The molecule has 1 amide bonds. The summed E-state index contributed by atoms with van der Waals surface area (Å²) in [7, 11) is 3.07. The van der Waals surface area contributed by atoms with E-state index in [-0.39, 0.29) is 5.91 Å². The molecule has 0 aliphatic heterocycles. The summed E-state index contributed by atoms with van der Waals surface area (Å²) in [5, 5.41) is 6.66. The van der Waals surface area contributed by atoms with Gasteiger partial charge in [0.25, 0.3) is 0 Å². The summed E-state index contributed by atoms with van der Waals surface area (Å²) in [4.78, 5) is 12.0. The molecule has 0 fully saturated rings. The zero-order valence-electron chi connectivity index (χ0n) is 11.3. The van der Waals surface area contributed by atoms with Crippen molar-refractivity contribution in [3.8, 4) is 11.5 Å². The van der Waals surface area contributed by atoms with E-state index >= 15 is 0 Å². The van der Waals surface area contributed by atoms with Gasteiger partial charge in [-0.2, -0.15) is 11.3 Å². The molecular formula is C14H16N2O3S. The Bertz CT molecular complexity index is 597. The van der Waals surface area contributed by atoms with Gasteiger partial charge in [0.1, 0.15) is 0 Å². The van der Waals surface area contributed by atoms with Gasteiger partial charge in [-0.25, -0.2) is 0 Å². The molecule has 0 spiro atoms. The Morgan fingerprint density at radius 3 is 2.60 bits per heavy atom. The van der Waals surface area contributed by atoms with Gasteiger partial charge in [-0.1, -0.05) is 0 Å². The van der Waals surface area contributed by atoms with Gasteiger partial charge in [0.2, 0.25) is 5.91 Å². The number of methoxy groups -OCH3 is 2. The van der Waals surface area contributed by atoms with Crippen LogP contribution in [0.1, 0.15) is 5.56 Å². The van der Waals surface area contributed by atoms with E-state index in [1.807, 2.05) is 16.8 Å². The number of benzene rings is 1. The van der Waals surface area contributed by atoms with Crippen LogP contribution in [0.3, 0.4) is 0 Å². The summed E-state index contributed by atoms with van der Waals surface area (Å²) >= 11 is 1.56. The first-order valence-corrected chi connectivity index (χ1v) is 6.90. The van der Waals surface area contributed by atoms with Crippen LogP contribution in [-0.2, 0) is 11.2 Å². The Balaban J connectivity index is 2.14. The molecule has 3 N–H and O–H groups in total. The molecule has 1 aromatic heterocycles. The number of anilines is 2. The molecule has 0 saturated carbocycles. The molecule has 0 aliphatic rings. The van der Waals surface area contributed by atoms with E-state index in [9.17, 15) is 4.79 Å². The fourth-order valence-electron chi connectivity index (χ4n) is 1.78. The van der Waals surface area contributed by atoms with E-state index in [4.69, 9.17) is 15.2 Å². The van der Waals surface area contributed by atoms with Gasteiger partial charge in [0, 0.05) is 12.1 Å². The third kappa shape index (κ3) is 3.21. The number of hydrogen-bond donors (Lipinski definition) is 2. The van der Waals surface area contributed by atoms with E-state index in [0.29, 0.717) is 29.3 Å². The number of nitrogen functional groups attached to an aromatic ring is 1. The molecule has 1 heterocycles. The zero-order valence-corrected chi connectivity index (χ0v) is 12.1. The fraction of sp³-hybridized carbons (Fsp3) is 0.214. The van der Waals surface area contributed by atoms with Crippen molar-refractivity contribution in [1.29, 1.82) is 0 Å². The maximum absolute atomic E-state index is 12.0. The van der Waals surface area contributed by atoms with E-state index in [1.165, 1.54) is 14.2 Å². The average Bonchev–Trinajstić information content (AvgIpc) is 2.93. The van der Waals surface area contributed by atoms with Crippen molar-refractivity contribution in [2.75, 3.05) is 25.3 Å². The van der Waals surface area contributed by atoms with Crippen LogP contribution < -0.4 is 20.5 Å². The molecule has 0 bridgehead atoms. The zero-order chi connectivity index (χ0) is 14.5. The van der Waals surface area contributed by atoms with Crippen molar-refractivity contribution in [3.05, 3.63) is 34.5 Å². The minimum Gasteiger partial charge on any atom is -0.493 e. The largest absolute Gasteiger partial charge is 0.493 e. The number of nitrogens with two attached hydrogens (primary N) is 1. The molecule has 0 radical (unpaired) electrons. The first kappa shape index (κ1) is 14.2. The maximum Gasteiger partial charge on any atom is 0.228 e. The van der Waals surface area contributed by atoms with Gasteiger partial charge in [0.05, 0.1) is 32.0 Å². The lowest BCUT2D eigenvalue weighted by Crippen LogP contribution is -2.15. The Morgan fingerprint density at radius 2 is 2.00 bits per heavy atom. The number of carbonyl (C=O) groups is 1. The second-order valence-electron chi connectivity index (χ2n) is 4.15. The Morgan fingerprint density at radius 1 is 1.30 bits per heavy atom. The van der Waals surface area contributed by atoms with Gasteiger partial charge in [-0.05, 0) is 22.4 Å². The first-order valence-electron chi connectivity index (χ1n) is 5.96. The highest BCUT2D eigenvalue weighted by Gasteiger charge is 2.12. The van der Waals surface area contributed by atoms with E-state index < -0.39 is 0 Å². The average molecular weight is 292 g/mol. The van der Waals surface area contributed by atoms with Crippen molar-refractivity contribution in [1.82, 2.24) is 0 Å². The van der Waals surface area contributed by atoms with Crippen molar-refractivity contribution in [2.45, 2.75) is 6.42 Å². The van der Waals surface area contributed by atoms with Gasteiger partial charge in [0.15, 0.2) is 11.5 Å². The van der Waals surface area contributed by atoms with Crippen LogP contribution in [0.15, 0.2) is 29.0 Å². The van der Waals surface area contributed by atoms with E-state index in [2.05, 4.69) is 5.32 Å². The molecular weight excluding hydrogens is 276 g/mol. The van der Waals surface area contributed by atoms with Crippen LogP contribution in [-0.4, -0.2) is 20.1 Å². The monoisotopic (exact) mass is 292 g/mol. The number of hydrogen-bond acceptors (Lipinski definition) is 5. The Hall–Kier alpha value is -2.21. The molecule has 0 atom stereocenters. The van der Waals surface area contributed by atoms with Crippen LogP contribution >= 0.6 is 11.3 Å². The normalized spacial score (nSPS) is 10.1. The van der Waals surface area contributed by atoms with Crippen LogP contribution in [0.5, 0.6) is 11.5 Å². The standard InChI is InChI=1S/C14H16N2O3S/c1-18-12-6-10(15)11(7-13(12)19-2)16-14(17)5-9-3-4-20-8-9/h3-4,6-8H,5,15H2,1-2H3,(H,16,17). The predicted octanol–water partition coefficient (Wildman–Crippen LogP) is 2.53. The lowest BCUT2D eigenvalue weighted by Gasteiger charge is -2.13. The van der Waals surface area contributed by atoms with Gasteiger partial charge < -0.3 is 20.5 Å². The quantitative estimate of drug-likeness (QED) is 0.831. The van der Waals surface area contributed by atoms with E-state index in [0.717, 1.165) is 5.56 Å². The maximum atomic E-state index is 12.0. The van der Waals surface area contributed by atoms with Gasteiger partial charge in [-0.15, -0.1) is 0 Å². The smallest absolute Gasteiger partial charge is 0.228 e. The second kappa shape index (κ2) is 6.29. The summed E-state index contributed by atoms with van der Waals surface area (Å²) in [5.74, 6) is 0.927. The van der Waals surface area contributed by atoms with Gasteiger partial charge >= 0.3 is 0 Å². The van der Waals surface area contributed by atoms with Crippen LogP contribution in [0, 0.1) is 0 Å². The first-order chi connectivity index (χ1) is 9.63. The van der Waals surface area contributed by atoms with Crippen molar-refractivity contribution in [2.24, 2.45) is 0 Å². The summed E-state index contributed by atoms with van der Waals surface area (Å²) in [6.07, 6.45) is 0.317. The third-order valence-electron chi connectivity index (χ3n) is 2.77. The number of carbonyl (C=O) groups excluding carboxylic acids is 1. The highest BCUT2D eigenvalue weighted by Crippen LogP contribution is 2.34. The highest BCUT2D eigenvalue weighted by molar-refractivity contribution is 7.08. The lowest BCUT2D eigenvalue weighted by atomic mass is 10.2. The van der Waals surface area contributed by atoms with Gasteiger partial charge in [-0.3, -0.25) is 4.79 Å². The summed E-state index contributed by atoms with van der Waals surface area (Å²) in [6.45, 7) is 0. The summed E-state index contributed by atoms with van der Waals surface area (Å²) in [6, 6.07) is 5.20. The number of ether oxygens (including phenoxy) is 2. The van der Waals surface area contributed by atoms with Crippen molar-refractivity contribution in [3.63, 3.8) is 0 Å². The number of amides is 1. The molecule has 2 rings (SSSR count). The third-order valence-corrected chi connectivity index (χ3v) is 3.51. The lowest BCUT2D eigenvalue weighted by molar-refractivity contribution is -0.115. The van der Waals surface area contributed by atoms with Crippen molar-refractivity contribution >= 4 is 28.6 Å². The molecule has 0 saturated heterocycles. The van der Waals surface area contributed by atoms with Crippen LogP contribution in [0.4, 0.5) is 11.4 Å². The number of rotatable bonds is 5. The van der Waals surface area contributed by atoms with Crippen LogP contribution in [0.2, 0.25) is 0 Å². The number of nitrogens with one attached hydrogen (secondary N) is 1. The SMILES string of the molecule is COc1cc(N)c(NC(=O)Cc2ccsc2)cc1OC. The summed E-state index contributed by atoms with van der Waals surface area (Å²) < 4.78 is 10.3.